The highest BCUT2D eigenvalue weighted by molar-refractivity contribution is 9.10. The molecule has 0 amide bonds. The highest BCUT2D eigenvalue weighted by Gasteiger charge is 2.21. The van der Waals surface area contributed by atoms with Crippen LogP contribution in [0.2, 0.25) is 5.15 Å². The second-order valence-corrected chi connectivity index (χ2v) is 6.12. The van der Waals surface area contributed by atoms with Crippen molar-refractivity contribution in [1.82, 2.24) is 9.78 Å². The van der Waals surface area contributed by atoms with Crippen molar-refractivity contribution in [1.29, 1.82) is 0 Å². The van der Waals surface area contributed by atoms with Gasteiger partial charge in [0.2, 0.25) is 0 Å². The largest absolute Gasteiger partial charge is 0.442 e. The SMILES string of the molecule is CC(C)(C)OC(=O)n1nc(Cl)c2cc(Br)ccc21. The molecule has 0 spiro atoms. The third-order valence-electron chi connectivity index (χ3n) is 2.16. The zero-order valence-corrected chi connectivity index (χ0v) is 12.5. The van der Waals surface area contributed by atoms with Gasteiger partial charge in [0.05, 0.1) is 5.52 Å². The number of aromatic nitrogens is 2. The second-order valence-electron chi connectivity index (χ2n) is 4.84. The number of carbonyl (C=O) groups is 1. The Bertz CT molecular complexity index is 616. The van der Waals surface area contributed by atoms with Crippen molar-refractivity contribution in [3.05, 3.63) is 27.8 Å². The van der Waals surface area contributed by atoms with Gasteiger partial charge in [-0.2, -0.15) is 4.68 Å². The van der Waals surface area contributed by atoms with Crippen LogP contribution in [0.15, 0.2) is 22.7 Å². The van der Waals surface area contributed by atoms with E-state index >= 15 is 0 Å². The fourth-order valence-electron chi connectivity index (χ4n) is 1.50. The maximum absolute atomic E-state index is 12.0. The molecule has 0 aliphatic rings. The molecule has 4 nitrogen and oxygen atoms in total. The van der Waals surface area contributed by atoms with Crippen LogP contribution in [-0.4, -0.2) is 21.5 Å². The summed E-state index contributed by atoms with van der Waals surface area (Å²) in [5.74, 6) is 0. The van der Waals surface area contributed by atoms with Crippen LogP contribution in [0.4, 0.5) is 4.79 Å². The molecule has 18 heavy (non-hydrogen) atoms. The number of rotatable bonds is 0. The normalized spacial score (nSPS) is 11.8. The molecular formula is C12H12BrClN2O2. The number of ether oxygens (including phenoxy) is 1. The lowest BCUT2D eigenvalue weighted by Crippen LogP contribution is -2.27. The van der Waals surface area contributed by atoms with Gasteiger partial charge in [-0.25, -0.2) is 4.79 Å². The van der Waals surface area contributed by atoms with Gasteiger partial charge in [0.1, 0.15) is 5.60 Å². The van der Waals surface area contributed by atoms with Gasteiger partial charge >= 0.3 is 6.09 Å². The number of hydrogen-bond donors (Lipinski definition) is 0. The number of halogens is 2. The molecule has 96 valence electrons. The van der Waals surface area contributed by atoms with Crippen LogP contribution in [0.5, 0.6) is 0 Å². The quantitative estimate of drug-likeness (QED) is 0.725. The third-order valence-corrected chi connectivity index (χ3v) is 2.94. The summed E-state index contributed by atoms with van der Waals surface area (Å²) in [5.41, 5.74) is 0.0504. The van der Waals surface area contributed by atoms with E-state index in [2.05, 4.69) is 21.0 Å². The molecule has 2 rings (SSSR count). The Hall–Kier alpha value is -1.07. The van der Waals surface area contributed by atoms with Crippen LogP contribution in [0.1, 0.15) is 20.8 Å². The molecule has 0 aliphatic carbocycles. The first-order valence-corrected chi connectivity index (χ1v) is 6.52. The zero-order valence-electron chi connectivity index (χ0n) is 10.2. The summed E-state index contributed by atoms with van der Waals surface area (Å²) >= 11 is 9.35. The number of hydrogen-bond acceptors (Lipinski definition) is 3. The predicted octanol–water partition coefficient (Wildman–Crippen LogP) is 4.24. The summed E-state index contributed by atoms with van der Waals surface area (Å²) in [5, 5.41) is 4.98. The molecule has 0 fully saturated rings. The minimum absolute atomic E-state index is 0.275. The topological polar surface area (TPSA) is 44.1 Å². The van der Waals surface area contributed by atoms with E-state index in [1.807, 2.05) is 12.1 Å². The van der Waals surface area contributed by atoms with E-state index in [1.165, 1.54) is 4.68 Å². The van der Waals surface area contributed by atoms with Crippen LogP contribution in [0, 0.1) is 0 Å². The molecular weight excluding hydrogens is 320 g/mol. The summed E-state index contributed by atoms with van der Waals surface area (Å²) in [6.07, 6.45) is -0.540. The minimum Gasteiger partial charge on any atom is -0.442 e. The van der Waals surface area contributed by atoms with Gasteiger partial charge < -0.3 is 4.74 Å². The Kier molecular flexibility index (Phi) is 3.38. The van der Waals surface area contributed by atoms with Crippen molar-refractivity contribution in [2.75, 3.05) is 0 Å². The number of carbonyl (C=O) groups excluding carboxylic acids is 1. The number of nitrogens with zero attached hydrogens (tertiary/aromatic N) is 2. The smallest absolute Gasteiger partial charge is 0.435 e. The molecule has 1 heterocycles. The second kappa shape index (κ2) is 4.55. The lowest BCUT2D eigenvalue weighted by molar-refractivity contribution is 0.0523. The Morgan fingerprint density at radius 2 is 2.11 bits per heavy atom. The summed E-state index contributed by atoms with van der Waals surface area (Å²) in [6, 6.07) is 5.40. The molecule has 0 aliphatic heterocycles. The van der Waals surface area contributed by atoms with E-state index in [0.29, 0.717) is 10.9 Å². The van der Waals surface area contributed by atoms with Crippen molar-refractivity contribution in [2.24, 2.45) is 0 Å². The lowest BCUT2D eigenvalue weighted by Gasteiger charge is -2.19. The van der Waals surface area contributed by atoms with E-state index in [-0.39, 0.29) is 5.15 Å². The van der Waals surface area contributed by atoms with E-state index in [0.717, 1.165) is 4.47 Å². The van der Waals surface area contributed by atoms with Gasteiger partial charge in [-0.1, -0.05) is 27.5 Å². The van der Waals surface area contributed by atoms with Crippen molar-refractivity contribution < 1.29 is 9.53 Å². The molecule has 0 radical (unpaired) electrons. The van der Waals surface area contributed by atoms with Crippen LogP contribution in [0.3, 0.4) is 0 Å². The first-order chi connectivity index (χ1) is 8.28. The van der Waals surface area contributed by atoms with Gasteiger partial charge in [-0.3, -0.25) is 0 Å². The van der Waals surface area contributed by atoms with E-state index in [9.17, 15) is 4.79 Å². The Balaban J connectivity index is 2.49. The summed E-state index contributed by atoms with van der Waals surface area (Å²) in [6.45, 7) is 5.40. The van der Waals surface area contributed by atoms with E-state index < -0.39 is 11.7 Å². The van der Waals surface area contributed by atoms with Gasteiger partial charge in [-0.15, -0.1) is 5.10 Å². The Labute approximate surface area is 118 Å². The van der Waals surface area contributed by atoms with E-state index in [4.69, 9.17) is 16.3 Å². The van der Waals surface area contributed by atoms with Crippen LogP contribution in [0.25, 0.3) is 10.9 Å². The lowest BCUT2D eigenvalue weighted by atomic mass is 10.2. The summed E-state index contributed by atoms with van der Waals surface area (Å²) in [7, 11) is 0. The summed E-state index contributed by atoms with van der Waals surface area (Å²) < 4.78 is 7.32. The van der Waals surface area contributed by atoms with Gasteiger partial charge in [0.25, 0.3) is 0 Å². The molecule has 0 saturated heterocycles. The molecule has 0 atom stereocenters. The van der Waals surface area contributed by atoms with Gasteiger partial charge in [-0.05, 0) is 39.0 Å². The molecule has 0 unspecified atom stereocenters. The standard InChI is InChI=1S/C12H12BrClN2O2/c1-12(2,3)18-11(17)16-9-5-4-7(13)6-8(9)10(14)15-16/h4-6H,1-3H3. The highest BCUT2D eigenvalue weighted by atomic mass is 79.9. The maximum atomic E-state index is 12.0. The van der Waals surface area contributed by atoms with E-state index in [1.54, 1.807) is 26.8 Å². The average molecular weight is 332 g/mol. The predicted molar refractivity (Wildman–Crippen MR) is 74.1 cm³/mol. The highest BCUT2D eigenvalue weighted by Crippen LogP contribution is 2.26. The van der Waals surface area contributed by atoms with Crippen LogP contribution in [-0.2, 0) is 4.74 Å². The maximum Gasteiger partial charge on any atom is 0.435 e. The zero-order chi connectivity index (χ0) is 13.5. The number of fused-ring (bicyclic) bond motifs is 1. The molecule has 1 aromatic heterocycles. The van der Waals surface area contributed by atoms with Gasteiger partial charge in [0.15, 0.2) is 5.15 Å². The minimum atomic E-state index is -0.572. The molecule has 0 bridgehead atoms. The fourth-order valence-corrected chi connectivity index (χ4v) is 2.09. The molecule has 2 aromatic rings. The van der Waals surface area contributed by atoms with Crippen molar-refractivity contribution >= 4 is 44.5 Å². The average Bonchev–Trinajstić information content (AvgIpc) is 2.54. The third kappa shape index (κ3) is 2.67. The van der Waals surface area contributed by atoms with Crippen molar-refractivity contribution in [3.63, 3.8) is 0 Å². The van der Waals surface area contributed by atoms with Crippen LogP contribution < -0.4 is 0 Å². The van der Waals surface area contributed by atoms with Gasteiger partial charge in [0, 0.05) is 9.86 Å². The Morgan fingerprint density at radius 1 is 1.44 bits per heavy atom. The molecule has 0 N–H and O–H groups in total. The van der Waals surface area contributed by atoms with Crippen molar-refractivity contribution in [3.8, 4) is 0 Å². The molecule has 6 heteroatoms. The van der Waals surface area contributed by atoms with Crippen molar-refractivity contribution in [2.45, 2.75) is 26.4 Å². The first kappa shape index (κ1) is 13.4. The molecule has 1 aromatic carbocycles. The molecule has 0 saturated carbocycles. The fraction of sp³-hybridized carbons (Fsp3) is 0.333. The number of benzene rings is 1. The van der Waals surface area contributed by atoms with Crippen LogP contribution >= 0.6 is 27.5 Å². The first-order valence-electron chi connectivity index (χ1n) is 5.35. The Morgan fingerprint density at radius 3 is 2.72 bits per heavy atom. The summed E-state index contributed by atoms with van der Waals surface area (Å²) in [4.78, 5) is 12.0. The monoisotopic (exact) mass is 330 g/mol.